The van der Waals surface area contributed by atoms with Gasteiger partial charge in [-0.2, -0.15) is 0 Å². The summed E-state index contributed by atoms with van der Waals surface area (Å²) in [7, 11) is 0. The largest absolute Gasteiger partial charge is 0.319 e. The monoisotopic (exact) mass is 268 g/mol. The zero-order valence-electron chi connectivity index (χ0n) is 8.39. The Labute approximate surface area is 107 Å². The van der Waals surface area contributed by atoms with Gasteiger partial charge in [-0.3, -0.25) is 4.79 Å². The van der Waals surface area contributed by atoms with E-state index >= 15 is 0 Å². The molecule has 0 unspecified atom stereocenters. The van der Waals surface area contributed by atoms with Crippen LogP contribution in [0.3, 0.4) is 0 Å². The van der Waals surface area contributed by atoms with Crippen molar-refractivity contribution in [1.29, 1.82) is 0 Å². The van der Waals surface area contributed by atoms with E-state index in [4.69, 9.17) is 23.2 Å². The highest BCUT2D eigenvalue weighted by molar-refractivity contribution is 6.35. The molecule has 17 heavy (non-hydrogen) atoms. The summed E-state index contributed by atoms with van der Waals surface area (Å²) in [5.41, 5.74) is 0.712. The first-order chi connectivity index (χ1) is 8.16. The first-order valence-electron chi connectivity index (χ1n) is 4.55. The van der Waals surface area contributed by atoms with Crippen LogP contribution < -0.4 is 5.32 Å². The summed E-state index contributed by atoms with van der Waals surface area (Å²) in [6, 6.07) is 2.99. The van der Waals surface area contributed by atoms with Crippen LogP contribution >= 0.6 is 23.2 Å². The molecule has 0 aliphatic heterocycles. The highest BCUT2D eigenvalue weighted by Gasteiger charge is 2.12. The Morgan fingerprint density at radius 3 is 2.53 bits per heavy atom. The second kappa shape index (κ2) is 5.07. The van der Waals surface area contributed by atoms with Gasteiger partial charge in [0.25, 0.3) is 5.91 Å². The van der Waals surface area contributed by atoms with Gasteiger partial charge in [0.15, 0.2) is 0 Å². The van der Waals surface area contributed by atoms with Crippen molar-refractivity contribution in [3.8, 4) is 0 Å². The molecule has 1 amide bonds. The molecule has 2 aromatic heterocycles. The lowest BCUT2D eigenvalue weighted by atomic mass is 10.2. The number of hydrogen-bond donors (Lipinski definition) is 1. The third-order valence-corrected chi connectivity index (χ3v) is 2.38. The topological polar surface area (TPSA) is 67.8 Å². The first kappa shape index (κ1) is 11.8. The maximum Gasteiger partial charge on any atom is 0.258 e. The fourth-order valence-electron chi connectivity index (χ4n) is 1.14. The lowest BCUT2D eigenvalue weighted by Crippen LogP contribution is -2.13. The van der Waals surface area contributed by atoms with Crippen LogP contribution in [0.15, 0.2) is 30.9 Å². The number of nitrogens with one attached hydrogen (secondary N) is 1. The molecule has 0 radical (unpaired) electrons. The third-order valence-electron chi connectivity index (χ3n) is 1.88. The second-order valence-electron chi connectivity index (χ2n) is 3.05. The number of carbonyl (C=O) groups is 1. The number of nitrogens with zero attached hydrogens (tertiary/aromatic N) is 3. The zero-order valence-corrected chi connectivity index (χ0v) is 9.90. The zero-order chi connectivity index (χ0) is 12.3. The summed E-state index contributed by atoms with van der Waals surface area (Å²) < 4.78 is 0. The van der Waals surface area contributed by atoms with Gasteiger partial charge in [0.2, 0.25) is 0 Å². The Balaban J connectivity index is 2.21. The Morgan fingerprint density at radius 1 is 1.18 bits per heavy atom. The van der Waals surface area contributed by atoms with E-state index in [0.717, 1.165) is 0 Å². The van der Waals surface area contributed by atoms with Crippen LogP contribution in [-0.2, 0) is 0 Å². The van der Waals surface area contributed by atoms with Gasteiger partial charge in [-0.1, -0.05) is 23.2 Å². The van der Waals surface area contributed by atoms with Gasteiger partial charge in [-0.05, 0) is 12.1 Å². The Hall–Kier alpha value is -1.72. The molecule has 5 nitrogen and oxygen atoms in total. The molecule has 0 fully saturated rings. The van der Waals surface area contributed by atoms with E-state index in [1.165, 1.54) is 30.9 Å². The minimum atomic E-state index is -0.394. The van der Waals surface area contributed by atoms with E-state index in [2.05, 4.69) is 20.3 Å². The van der Waals surface area contributed by atoms with Gasteiger partial charge in [-0.15, -0.1) is 0 Å². The van der Waals surface area contributed by atoms with Crippen molar-refractivity contribution in [2.24, 2.45) is 0 Å². The van der Waals surface area contributed by atoms with Gasteiger partial charge < -0.3 is 5.32 Å². The molecular weight excluding hydrogens is 263 g/mol. The summed E-state index contributed by atoms with van der Waals surface area (Å²) in [6.07, 6.45) is 4.32. The van der Waals surface area contributed by atoms with Gasteiger partial charge in [0.05, 0.1) is 23.6 Å². The molecule has 0 atom stereocenters. The Bertz CT molecular complexity index is 547. The summed E-state index contributed by atoms with van der Waals surface area (Å²) in [5.74, 6) is -0.394. The first-order valence-corrected chi connectivity index (χ1v) is 5.31. The second-order valence-corrected chi connectivity index (χ2v) is 3.80. The summed E-state index contributed by atoms with van der Waals surface area (Å²) in [6.45, 7) is 0. The molecule has 0 aliphatic rings. The third kappa shape index (κ3) is 2.89. The molecule has 0 saturated carbocycles. The molecule has 0 aliphatic carbocycles. The Kier molecular flexibility index (Phi) is 3.51. The number of carbonyl (C=O) groups excluding carboxylic acids is 1. The number of aromatic nitrogens is 3. The van der Waals surface area contributed by atoms with Crippen molar-refractivity contribution in [2.45, 2.75) is 0 Å². The average Bonchev–Trinajstić information content (AvgIpc) is 2.30. The Morgan fingerprint density at radius 2 is 1.88 bits per heavy atom. The predicted molar refractivity (Wildman–Crippen MR) is 64.2 cm³/mol. The van der Waals surface area contributed by atoms with Crippen molar-refractivity contribution in [1.82, 2.24) is 15.0 Å². The molecule has 1 N–H and O–H groups in total. The fourth-order valence-corrected chi connectivity index (χ4v) is 1.57. The number of halogens is 2. The number of rotatable bonds is 2. The maximum absolute atomic E-state index is 11.8. The lowest BCUT2D eigenvalue weighted by molar-refractivity contribution is 0.102. The van der Waals surface area contributed by atoms with Crippen LogP contribution in [0.2, 0.25) is 10.3 Å². The fraction of sp³-hybridized carbons (Fsp3) is 0. The van der Waals surface area contributed by atoms with Crippen molar-refractivity contribution < 1.29 is 4.79 Å². The van der Waals surface area contributed by atoms with E-state index in [1.54, 1.807) is 0 Å². The van der Waals surface area contributed by atoms with Crippen LogP contribution in [0.1, 0.15) is 10.4 Å². The van der Waals surface area contributed by atoms with Gasteiger partial charge in [0, 0.05) is 0 Å². The van der Waals surface area contributed by atoms with Gasteiger partial charge in [-0.25, -0.2) is 15.0 Å². The van der Waals surface area contributed by atoms with Crippen LogP contribution in [-0.4, -0.2) is 20.9 Å². The average molecular weight is 269 g/mol. The highest BCUT2D eigenvalue weighted by atomic mass is 35.5. The lowest BCUT2D eigenvalue weighted by Gasteiger charge is -2.05. The van der Waals surface area contributed by atoms with Gasteiger partial charge >= 0.3 is 0 Å². The highest BCUT2D eigenvalue weighted by Crippen LogP contribution is 2.17. The smallest absolute Gasteiger partial charge is 0.258 e. The molecule has 0 saturated heterocycles. The molecule has 0 bridgehead atoms. The number of anilines is 1. The van der Waals surface area contributed by atoms with Crippen LogP contribution in [0.25, 0.3) is 0 Å². The van der Waals surface area contributed by atoms with Crippen molar-refractivity contribution >= 4 is 34.8 Å². The summed E-state index contributed by atoms with van der Waals surface area (Å²) in [5, 5.41) is 2.87. The molecule has 2 heterocycles. The van der Waals surface area contributed by atoms with E-state index in [9.17, 15) is 4.79 Å². The summed E-state index contributed by atoms with van der Waals surface area (Å²) >= 11 is 11.4. The molecule has 2 rings (SSSR count). The standard InChI is InChI=1S/C10H6Cl2N4O/c11-8-2-1-7(9(12)16-8)10(17)15-6-3-13-5-14-4-6/h1-5H,(H,15,17). The molecule has 7 heteroatoms. The van der Waals surface area contributed by atoms with Crippen LogP contribution in [0.5, 0.6) is 0 Å². The number of pyridine rings is 1. The van der Waals surface area contributed by atoms with E-state index in [1.807, 2.05) is 0 Å². The van der Waals surface area contributed by atoms with E-state index in [0.29, 0.717) is 5.69 Å². The summed E-state index contributed by atoms with van der Waals surface area (Å²) in [4.78, 5) is 23.1. The van der Waals surface area contributed by atoms with Gasteiger partial charge in [0.1, 0.15) is 16.6 Å². The van der Waals surface area contributed by atoms with Crippen LogP contribution in [0, 0.1) is 0 Å². The molecular formula is C10H6Cl2N4O. The molecule has 2 aromatic rings. The quantitative estimate of drug-likeness (QED) is 0.850. The van der Waals surface area contributed by atoms with Crippen molar-refractivity contribution in [3.05, 3.63) is 46.7 Å². The SMILES string of the molecule is O=C(Nc1cncnc1)c1ccc(Cl)nc1Cl. The van der Waals surface area contributed by atoms with Crippen molar-refractivity contribution in [2.75, 3.05) is 5.32 Å². The molecule has 0 aromatic carbocycles. The molecule has 86 valence electrons. The van der Waals surface area contributed by atoms with Crippen LogP contribution in [0.4, 0.5) is 5.69 Å². The predicted octanol–water partition coefficient (Wildman–Crippen LogP) is 2.43. The minimum Gasteiger partial charge on any atom is -0.319 e. The van der Waals surface area contributed by atoms with Crippen molar-refractivity contribution in [3.63, 3.8) is 0 Å². The normalized spacial score (nSPS) is 10.0. The van der Waals surface area contributed by atoms with E-state index < -0.39 is 5.91 Å². The number of hydrogen-bond acceptors (Lipinski definition) is 4. The maximum atomic E-state index is 11.8. The minimum absolute atomic E-state index is 0.0480. The number of amides is 1. The van der Waals surface area contributed by atoms with E-state index in [-0.39, 0.29) is 15.9 Å². The molecule has 0 spiro atoms.